The maximum atomic E-state index is 5.38. The Morgan fingerprint density at radius 3 is 2.57 bits per heavy atom. The number of nitrogens with one attached hydrogen (secondary N) is 1. The highest BCUT2D eigenvalue weighted by Gasteiger charge is 2.37. The Balaban J connectivity index is 0.000000461. The molecule has 0 bridgehead atoms. The van der Waals surface area contributed by atoms with Crippen molar-refractivity contribution in [2.45, 2.75) is 45.6 Å². The second-order valence-corrected chi connectivity index (χ2v) is 3.66. The first-order valence-electron chi connectivity index (χ1n) is 5.90. The highest BCUT2D eigenvalue weighted by molar-refractivity contribution is 5.26. The van der Waals surface area contributed by atoms with Crippen LogP contribution in [0.3, 0.4) is 0 Å². The fraction of sp³-hybridized carbons (Fsp3) is 0.833. The lowest BCUT2D eigenvalue weighted by atomic mass is 9.83. The monoisotopic (exact) mass is 197 g/mol. The van der Waals surface area contributed by atoms with Crippen molar-refractivity contribution >= 4 is 0 Å². The van der Waals surface area contributed by atoms with E-state index in [1.807, 2.05) is 13.8 Å². The van der Waals surface area contributed by atoms with Crippen molar-refractivity contribution in [3.8, 4) is 0 Å². The topological polar surface area (TPSA) is 21.3 Å². The summed E-state index contributed by atoms with van der Waals surface area (Å²) in [5.41, 5.74) is 1.93. The molecule has 1 N–H and O–H groups in total. The van der Waals surface area contributed by atoms with Gasteiger partial charge >= 0.3 is 0 Å². The van der Waals surface area contributed by atoms with Crippen LogP contribution in [-0.4, -0.2) is 25.3 Å². The summed E-state index contributed by atoms with van der Waals surface area (Å²) in [6.45, 7) is 9.15. The lowest BCUT2D eigenvalue weighted by Gasteiger charge is -2.36. The molecule has 0 aliphatic carbocycles. The van der Waals surface area contributed by atoms with Gasteiger partial charge in [-0.1, -0.05) is 32.4 Å². The van der Waals surface area contributed by atoms with Crippen molar-refractivity contribution in [2.24, 2.45) is 0 Å². The summed E-state index contributed by atoms with van der Waals surface area (Å²) in [5.74, 6) is 0. The van der Waals surface area contributed by atoms with Crippen LogP contribution in [0, 0.1) is 0 Å². The van der Waals surface area contributed by atoms with Gasteiger partial charge in [0.25, 0.3) is 0 Å². The lowest BCUT2D eigenvalue weighted by Crippen LogP contribution is -2.47. The minimum atomic E-state index is 0.326. The fourth-order valence-electron chi connectivity index (χ4n) is 2.38. The van der Waals surface area contributed by atoms with E-state index >= 15 is 0 Å². The number of hydrogen-bond acceptors (Lipinski definition) is 2. The molecule has 1 fully saturated rings. The molecule has 2 heterocycles. The Morgan fingerprint density at radius 2 is 2.00 bits per heavy atom. The molecule has 14 heavy (non-hydrogen) atoms. The van der Waals surface area contributed by atoms with Gasteiger partial charge in [-0.25, -0.2) is 0 Å². The van der Waals surface area contributed by atoms with E-state index in [9.17, 15) is 0 Å². The first-order valence-corrected chi connectivity index (χ1v) is 5.90. The van der Waals surface area contributed by atoms with Gasteiger partial charge in [-0.05, 0) is 19.3 Å². The molecule has 2 rings (SSSR count). The van der Waals surface area contributed by atoms with Crippen molar-refractivity contribution < 1.29 is 4.74 Å². The van der Waals surface area contributed by atoms with E-state index in [-0.39, 0.29) is 0 Å². The Hall–Kier alpha value is -0.340. The summed E-state index contributed by atoms with van der Waals surface area (Å²) in [4.78, 5) is 0. The Labute approximate surface area is 87.7 Å². The molecule has 2 nitrogen and oxygen atoms in total. The molecule has 1 spiro atoms. The summed E-state index contributed by atoms with van der Waals surface area (Å²) in [6.07, 6.45) is 5.86. The number of rotatable bonds is 1. The van der Waals surface area contributed by atoms with Crippen molar-refractivity contribution in [3.63, 3.8) is 0 Å². The van der Waals surface area contributed by atoms with Gasteiger partial charge in [0, 0.05) is 25.3 Å². The van der Waals surface area contributed by atoms with E-state index in [1.54, 1.807) is 5.57 Å². The maximum absolute atomic E-state index is 5.38. The molecule has 2 heteroatoms. The minimum Gasteiger partial charge on any atom is -0.381 e. The highest BCUT2D eigenvalue weighted by Crippen LogP contribution is 2.33. The van der Waals surface area contributed by atoms with Gasteiger partial charge in [0.1, 0.15) is 0 Å². The van der Waals surface area contributed by atoms with Crippen LogP contribution < -0.4 is 5.32 Å². The fourth-order valence-corrected chi connectivity index (χ4v) is 2.38. The molecule has 0 aromatic rings. The zero-order valence-corrected chi connectivity index (χ0v) is 9.73. The Bertz CT molecular complexity index is 192. The molecule has 2 aliphatic rings. The van der Waals surface area contributed by atoms with Crippen LogP contribution in [0.15, 0.2) is 11.6 Å². The van der Waals surface area contributed by atoms with E-state index in [2.05, 4.69) is 18.3 Å². The van der Waals surface area contributed by atoms with Gasteiger partial charge in [-0.3, -0.25) is 0 Å². The average Bonchev–Trinajstić information content (AvgIpc) is 2.65. The van der Waals surface area contributed by atoms with E-state index < -0.39 is 0 Å². The van der Waals surface area contributed by atoms with Crippen LogP contribution in [-0.2, 0) is 4.74 Å². The van der Waals surface area contributed by atoms with Gasteiger partial charge in [0.05, 0.1) is 0 Å². The highest BCUT2D eigenvalue weighted by atomic mass is 16.5. The lowest BCUT2D eigenvalue weighted by molar-refractivity contribution is 0.0551. The molecular formula is C12H23NO. The van der Waals surface area contributed by atoms with Gasteiger partial charge in [0.2, 0.25) is 0 Å². The molecule has 0 atom stereocenters. The Kier molecular flexibility index (Phi) is 4.63. The third kappa shape index (κ3) is 2.18. The molecular weight excluding hydrogens is 174 g/mol. The van der Waals surface area contributed by atoms with Crippen molar-refractivity contribution in [1.82, 2.24) is 5.32 Å². The summed E-state index contributed by atoms with van der Waals surface area (Å²) in [7, 11) is 0. The molecule has 1 saturated heterocycles. The van der Waals surface area contributed by atoms with Crippen LogP contribution in [0.25, 0.3) is 0 Å². The molecule has 0 amide bonds. The predicted molar refractivity (Wildman–Crippen MR) is 60.5 cm³/mol. The first kappa shape index (κ1) is 11.7. The first-order chi connectivity index (χ1) is 6.87. The molecule has 0 saturated carbocycles. The van der Waals surface area contributed by atoms with E-state index in [4.69, 9.17) is 4.74 Å². The molecule has 2 aliphatic heterocycles. The molecule has 82 valence electrons. The summed E-state index contributed by atoms with van der Waals surface area (Å²) >= 11 is 0. The van der Waals surface area contributed by atoms with E-state index in [1.165, 1.54) is 6.42 Å². The Morgan fingerprint density at radius 1 is 1.36 bits per heavy atom. The average molecular weight is 197 g/mol. The van der Waals surface area contributed by atoms with Crippen molar-refractivity contribution in [1.29, 1.82) is 0 Å². The van der Waals surface area contributed by atoms with Crippen LogP contribution >= 0.6 is 0 Å². The van der Waals surface area contributed by atoms with E-state index in [0.717, 1.165) is 32.6 Å². The third-order valence-electron chi connectivity index (χ3n) is 3.13. The quantitative estimate of drug-likeness (QED) is 0.652. The molecule has 0 unspecified atom stereocenters. The van der Waals surface area contributed by atoms with Gasteiger partial charge in [-0.15, -0.1) is 0 Å². The second-order valence-electron chi connectivity index (χ2n) is 3.66. The summed E-state index contributed by atoms with van der Waals surface area (Å²) in [6, 6.07) is 0. The predicted octanol–water partition coefficient (Wildman–Crippen LogP) is 2.50. The molecule has 0 radical (unpaired) electrons. The maximum Gasteiger partial charge on any atom is 0.0486 e. The van der Waals surface area contributed by atoms with Crippen LogP contribution in [0.1, 0.15) is 40.0 Å². The van der Waals surface area contributed by atoms with Crippen LogP contribution in [0.2, 0.25) is 0 Å². The zero-order chi connectivity index (χ0) is 10.4. The van der Waals surface area contributed by atoms with Crippen LogP contribution in [0.5, 0.6) is 0 Å². The standard InChI is InChI=1S/C10H17NO.C2H6/c1-2-9-3-6-11-10(9)4-7-12-8-5-10;1-2/h3,11H,2,4-8H2,1H3;1-2H3. The third-order valence-corrected chi connectivity index (χ3v) is 3.13. The van der Waals surface area contributed by atoms with Gasteiger partial charge in [0.15, 0.2) is 0 Å². The van der Waals surface area contributed by atoms with Gasteiger partial charge < -0.3 is 10.1 Å². The van der Waals surface area contributed by atoms with Crippen molar-refractivity contribution in [3.05, 3.63) is 11.6 Å². The number of hydrogen-bond donors (Lipinski definition) is 1. The summed E-state index contributed by atoms with van der Waals surface area (Å²) in [5, 5.41) is 3.60. The molecule has 0 aromatic carbocycles. The van der Waals surface area contributed by atoms with Crippen LogP contribution in [0.4, 0.5) is 0 Å². The SMILES string of the molecule is CC.CCC1=CCNC12CCOCC2. The zero-order valence-electron chi connectivity index (χ0n) is 9.73. The van der Waals surface area contributed by atoms with Gasteiger partial charge in [-0.2, -0.15) is 0 Å². The number of ether oxygens (including phenoxy) is 1. The smallest absolute Gasteiger partial charge is 0.0486 e. The normalized spacial score (nSPS) is 24.1. The van der Waals surface area contributed by atoms with E-state index in [0.29, 0.717) is 5.54 Å². The summed E-state index contributed by atoms with van der Waals surface area (Å²) < 4.78 is 5.38. The minimum absolute atomic E-state index is 0.326. The van der Waals surface area contributed by atoms with Crippen molar-refractivity contribution in [2.75, 3.05) is 19.8 Å². The molecule has 0 aromatic heterocycles. The largest absolute Gasteiger partial charge is 0.381 e. The second kappa shape index (κ2) is 5.52.